The molecule has 1 saturated carbocycles. The van der Waals surface area contributed by atoms with E-state index in [2.05, 4.69) is 23.1 Å². The molecular weight excluding hydrogens is 252 g/mol. The van der Waals surface area contributed by atoms with Gasteiger partial charge in [-0.05, 0) is 37.3 Å². The highest BCUT2D eigenvalue weighted by molar-refractivity contribution is 5.61. The number of hydrogen-bond donors (Lipinski definition) is 1. The van der Waals surface area contributed by atoms with E-state index in [9.17, 15) is 0 Å². The Bertz CT molecular complexity index is 462. The summed E-state index contributed by atoms with van der Waals surface area (Å²) in [7, 11) is 1.77. The van der Waals surface area contributed by atoms with Crippen molar-refractivity contribution in [2.75, 3.05) is 38.3 Å². The van der Waals surface area contributed by atoms with Crippen LogP contribution in [0.5, 0.6) is 5.75 Å². The van der Waals surface area contributed by atoms with E-state index in [0.29, 0.717) is 19.1 Å². The number of benzene rings is 1. The zero-order valence-electron chi connectivity index (χ0n) is 12.2. The van der Waals surface area contributed by atoms with Crippen LogP contribution >= 0.6 is 0 Å². The molecule has 0 amide bonds. The van der Waals surface area contributed by atoms with Crippen molar-refractivity contribution in [1.29, 1.82) is 0 Å². The Morgan fingerprint density at radius 3 is 2.90 bits per heavy atom. The van der Waals surface area contributed by atoms with E-state index >= 15 is 0 Å². The van der Waals surface area contributed by atoms with E-state index in [1.54, 1.807) is 7.11 Å². The number of methoxy groups -OCH3 is 1. The number of anilines is 1. The van der Waals surface area contributed by atoms with Gasteiger partial charge in [-0.15, -0.1) is 0 Å². The third-order valence-electron chi connectivity index (χ3n) is 4.56. The maximum atomic E-state index is 6.21. The van der Waals surface area contributed by atoms with Crippen molar-refractivity contribution in [3.8, 4) is 5.75 Å². The Hall–Kier alpha value is -1.26. The van der Waals surface area contributed by atoms with Gasteiger partial charge in [0.15, 0.2) is 0 Å². The van der Waals surface area contributed by atoms with Crippen LogP contribution in [0.3, 0.4) is 0 Å². The topological polar surface area (TPSA) is 47.7 Å². The fourth-order valence-corrected chi connectivity index (χ4v) is 3.41. The first-order valence-corrected chi connectivity index (χ1v) is 7.50. The Morgan fingerprint density at radius 1 is 1.40 bits per heavy atom. The van der Waals surface area contributed by atoms with Crippen molar-refractivity contribution >= 4 is 5.69 Å². The predicted molar refractivity (Wildman–Crippen MR) is 80.3 cm³/mol. The lowest BCUT2D eigenvalue weighted by Crippen LogP contribution is -2.59. The Balaban J connectivity index is 2.01. The molecule has 1 aliphatic carbocycles. The lowest BCUT2D eigenvalue weighted by atomic mass is 9.90. The minimum atomic E-state index is -0.0848. The zero-order valence-corrected chi connectivity index (χ0v) is 12.2. The summed E-state index contributed by atoms with van der Waals surface area (Å²) >= 11 is 0. The van der Waals surface area contributed by atoms with Crippen LogP contribution in [0.25, 0.3) is 0 Å². The number of hydrogen-bond acceptors (Lipinski definition) is 4. The molecule has 1 heterocycles. The summed E-state index contributed by atoms with van der Waals surface area (Å²) in [6.07, 6.45) is 3.52. The fraction of sp³-hybridized carbons (Fsp3) is 0.625. The van der Waals surface area contributed by atoms with Gasteiger partial charge < -0.3 is 20.1 Å². The molecule has 110 valence electrons. The predicted octanol–water partition coefficient (Wildman–Crippen LogP) is 2.03. The van der Waals surface area contributed by atoms with Gasteiger partial charge in [-0.3, -0.25) is 0 Å². The van der Waals surface area contributed by atoms with Crippen LogP contribution in [-0.4, -0.2) is 39.0 Å². The number of para-hydroxylation sites is 2. The van der Waals surface area contributed by atoms with Gasteiger partial charge in [-0.2, -0.15) is 0 Å². The third kappa shape index (κ3) is 2.27. The number of fused-ring (bicyclic) bond motifs is 1. The van der Waals surface area contributed by atoms with E-state index in [1.807, 2.05) is 6.07 Å². The SMILES string of the molecule is COCC(CN)(C1CC1)N1CCCOc2ccccc21. The second kappa shape index (κ2) is 5.62. The fourth-order valence-electron chi connectivity index (χ4n) is 3.41. The standard InChI is InChI=1S/C16H24N2O2/c1-19-12-16(11-17,13-7-8-13)18-9-4-10-20-15-6-3-2-5-14(15)18/h2-3,5-6,13H,4,7-12,17H2,1H3. The van der Waals surface area contributed by atoms with E-state index in [1.165, 1.54) is 18.5 Å². The smallest absolute Gasteiger partial charge is 0.142 e. The summed E-state index contributed by atoms with van der Waals surface area (Å²) in [5.41, 5.74) is 7.29. The molecule has 0 aromatic heterocycles. The summed E-state index contributed by atoms with van der Waals surface area (Å²) in [4.78, 5) is 2.45. The Labute approximate surface area is 120 Å². The molecule has 1 fully saturated rings. The summed E-state index contributed by atoms with van der Waals surface area (Å²) in [5, 5.41) is 0. The minimum absolute atomic E-state index is 0.0848. The average Bonchev–Trinajstić information content (AvgIpc) is 3.31. The summed E-state index contributed by atoms with van der Waals surface area (Å²) in [6, 6.07) is 8.29. The lowest BCUT2D eigenvalue weighted by molar-refractivity contribution is 0.117. The van der Waals surface area contributed by atoms with Gasteiger partial charge in [0.05, 0.1) is 24.4 Å². The van der Waals surface area contributed by atoms with E-state index < -0.39 is 0 Å². The third-order valence-corrected chi connectivity index (χ3v) is 4.56. The van der Waals surface area contributed by atoms with Gasteiger partial charge in [-0.1, -0.05) is 12.1 Å². The molecule has 1 atom stereocenters. The first-order valence-electron chi connectivity index (χ1n) is 7.50. The quantitative estimate of drug-likeness (QED) is 0.894. The average molecular weight is 276 g/mol. The van der Waals surface area contributed by atoms with E-state index in [-0.39, 0.29) is 5.54 Å². The molecule has 0 saturated heterocycles. The summed E-state index contributed by atoms with van der Waals surface area (Å²) in [5.74, 6) is 1.61. The van der Waals surface area contributed by atoms with Crippen LogP contribution in [0.2, 0.25) is 0 Å². The molecule has 20 heavy (non-hydrogen) atoms. The summed E-state index contributed by atoms with van der Waals surface area (Å²) in [6.45, 7) is 3.06. The molecule has 0 spiro atoms. The number of nitrogens with two attached hydrogens (primary N) is 1. The van der Waals surface area contributed by atoms with Crippen molar-refractivity contribution < 1.29 is 9.47 Å². The molecule has 0 radical (unpaired) electrons. The largest absolute Gasteiger partial charge is 0.491 e. The van der Waals surface area contributed by atoms with Crippen LogP contribution < -0.4 is 15.4 Å². The van der Waals surface area contributed by atoms with Crippen LogP contribution in [0.15, 0.2) is 24.3 Å². The molecule has 4 heteroatoms. The Kier molecular flexibility index (Phi) is 3.85. The van der Waals surface area contributed by atoms with Gasteiger partial charge in [0, 0.05) is 20.2 Å². The van der Waals surface area contributed by atoms with Crippen LogP contribution in [0, 0.1) is 5.92 Å². The number of nitrogens with zero attached hydrogens (tertiary/aromatic N) is 1. The zero-order chi connectivity index (χ0) is 14.0. The second-order valence-corrected chi connectivity index (χ2v) is 5.84. The van der Waals surface area contributed by atoms with Gasteiger partial charge >= 0.3 is 0 Å². The first kappa shape index (κ1) is 13.7. The van der Waals surface area contributed by atoms with Crippen LogP contribution in [0.4, 0.5) is 5.69 Å². The van der Waals surface area contributed by atoms with Gasteiger partial charge in [0.25, 0.3) is 0 Å². The van der Waals surface area contributed by atoms with E-state index in [0.717, 1.165) is 25.3 Å². The first-order chi connectivity index (χ1) is 9.81. The minimum Gasteiger partial charge on any atom is -0.491 e. The van der Waals surface area contributed by atoms with Gasteiger partial charge in [-0.25, -0.2) is 0 Å². The van der Waals surface area contributed by atoms with Gasteiger partial charge in [0.1, 0.15) is 5.75 Å². The summed E-state index contributed by atoms with van der Waals surface area (Å²) < 4.78 is 11.4. The molecule has 3 rings (SSSR count). The maximum absolute atomic E-state index is 6.21. The molecule has 1 aromatic carbocycles. The van der Waals surface area contributed by atoms with Crippen molar-refractivity contribution in [2.45, 2.75) is 24.8 Å². The van der Waals surface area contributed by atoms with Crippen molar-refractivity contribution in [2.24, 2.45) is 11.7 Å². The molecule has 4 nitrogen and oxygen atoms in total. The second-order valence-electron chi connectivity index (χ2n) is 5.84. The molecule has 0 bridgehead atoms. The molecule has 1 unspecified atom stereocenters. The monoisotopic (exact) mass is 276 g/mol. The van der Waals surface area contributed by atoms with Crippen LogP contribution in [0.1, 0.15) is 19.3 Å². The molecule has 1 aliphatic heterocycles. The highest BCUT2D eigenvalue weighted by atomic mass is 16.5. The highest BCUT2D eigenvalue weighted by Gasteiger charge is 2.49. The van der Waals surface area contributed by atoms with Gasteiger partial charge in [0.2, 0.25) is 0 Å². The maximum Gasteiger partial charge on any atom is 0.142 e. The lowest BCUT2D eigenvalue weighted by Gasteiger charge is -2.44. The van der Waals surface area contributed by atoms with Crippen molar-refractivity contribution in [3.05, 3.63) is 24.3 Å². The van der Waals surface area contributed by atoms with E-state index in [4.69, 9.17) is 15.2 Å². The molecular formula is C16H24N2O2. The number of ether oxygens (including phenoxy) is 2. The normalized spacial score (nSPS) is 21.6. The Morgan fingerprint density at radius 2 is 2.20 bits per heavy atom. The number of rotatable bonds is 5. The highest BCUT2D eigenvalue weighted by Crippen LogP contribution is 2.46. The van der Waals surface area contributed by atoms with Crippen molar-refractivity contribution in [3.63, 3.8) is 0 Å². The molecule has 2 N–H and O–H groups in total. The molecule has 1 aromatic rings. The molecule has 2 aliphatic rings. The van der Waals surface area contributed by atoms with Crippen LogP contribution in [-0.2, 0) is 4.74 Å². The van der Waals surface area contributed by atoms with Crippen molar-refractivity contribution in [1.82, 2.24) is 0 Å².